The van der Waals surface area contributed by atoms with Crippen LogP contribution in [-0.2, 0) is 4.74 Å². The smallest absolute Gasteiger partial charge is 0.343 e. The fourth-order valence-corrected chi connectivity index (χ4v) is 1.74. The number of phenolic OH excluding ortho intramolecular Hbond substituents is 1. The Morgan fingerprint density at radius 1 is 1.57 bits per heavy atom. The van der Waals surface area contributed by atoms with E-state index < -0.39 is 5.97 Å². The molecule has 0 unspecified atom stereocenters. The van der Waals surface area contributed by atoms with Crippen LogP contribution in [-0.4, -0.2) is 34.1 Å². The Morgan fingerprint density at radius 3 is 3.10 bits per heavy atom. The average molecular weight is 288 g/mol. The van der Waals surface area contributed by atoms with Gasteiger partial charge in [-0.25, -0.2) is 4.79 Å². The summed E-state index contributed by atoms with van der Waals surface area (Å²) in [7, 11) is 0. The second-order valence-electron chi connectivity index (χ2n) is 4.26. The standard InChI is InChI=1S/C14H16N4O3/c1-3-21-14(20)12-9(2)16-18-13(12)17-15-8-10-5-4-6-11(19)7-10/h4-8,19H,3H2,1-2H3,(H2,16,17,18)/b15-8+. The Morgan fingerprint density at radius 2 is 2.38 bits per heavy atom. The highest BCUT2D eigenvalue weighted by Gasteiger charge is 2.18. The fourth-order valence-electron chi connectivity index (χ4n) is 1.74. The number of benzene rings is 1. The number of anilines is 1. The van der Waals surface area contributed by atoms with Crippen LogP contribution in [0.3, 0.4) is 0 Å². The quantitative estimate of drug-likeness (QED) is 0.444. The topological polar surface area (TPSA) is 99.6 Å². The summed E-state index contributed by atoms with van der Waals surface area (Å²) in [6.07, 6.45) is 1.51. The van der Waals surface area contributed by atoms with E-state index in [-0.39, 0.29) is 12.4 Å². The number of H-pyrrole nitrogens is 1. The predicted molar refractivity (Wildman–Crippen MR) is 78.6 cm³/mol. The molecule has 2 rings (SSSR count). The number of aromatic hydroxyl groups is 1. The maximum absolute atomic E-state index is 11.8. The summed E-state index contributed by atoms with van der Waals surface area (Å²) in [5.74, 6) is -0.0112. The van der Waals surface area contributed by atoms with Crippen molar-refractivity contribution in [3.8, 4) is 5.75 Å². The Kier molecular flexibility index (Phi) is 4.55. The second kappa shape index (κ2) is 6.56. The lowest BCUT2D eigenvalue weighted by Crippen LogP contribution is -2.08. The summed E-state index contributed by atoms with van der Waals surface area (Å²) in [5.41, 5.74) is 4.33. The van der Waals surface area contributed by atoms with E-state index in [9.17, 15) is 9.90 Å². The molecule has 3 N–H and O–H groups in total. The molecule has 1 heterocycles. The number of esters is 1. The zero-order chi connectivity index (χ0) is 15.2. The molecule has 0 aliphatic carbocycles. The van der Waals surface area contributed by atoms with E-state index in [0.717, 1.165) is 0 Å². The third kappa shape index (κ3) is 3.59. The summed E-state index contributed by atoms with van der Waals surface area (Å²) < 4.78 is 4.96. The Labute approximate surface area is 121 Å². The van der Waals surface area contributed by atoms with Crippen LogP contribution < -0.4 is 5.43 Å². The van der Waals surface area contributed by atoms with Crippen LogP contribution >= 0.6 is 0 Å². The molecule has 0 bridgehead atoms. The Bertz CT molecular complexity index is 664. The number of phenols is 1. The number of hydrogen-bond donors (Lipinski definition) is 3. The molecule has 0 spiro atoms. The maximum Gasteiger partial charge on any atom is 0.343 e. The number of aromatic amines is 1. The molecule has 7 heteroatoms. The third-order valence-electron chi connectivity index (χ3n) is 2.68. The number of rotatable bonds is 5. The first-order valence-corrected chi connectivity index (χ1v) is 6.42. The van der Waals surface area contributed by atoms with Gasteiger partial charge in [0.1, 0.15) is 11.3 Å². The van der Waals surface area contributed by atoms with Crippen molar-refractivity contribution in [3.63, 3.8) is 0 Å². The molecule has 0 aliphatic heterocycles. The molecule has 0 amide bonds. The van der Waals surface area contributed by atoms with E-state index >= 15 is 0 Å². The molecule has 0 radical (unpaired) electrons. The van der Waals surface area contributed by atoms with Crippen molar-refractivity contribution in [3.05, 3.63) is 41.1 Å². The van der Waals surface area contributed by atoms with E-state index in [4.69, 9.17) is 4.74 Å². The van der Waals surface area contributed by atoms with Gasteiger partial charge in [-0.2, -0.15) is 10.2 Å². The van der Waals surface area contributed by atoms with E-state index in [1.54, 1.807) is 38.1 Å². The van der Waals surface area contributed by atoms with Crippen molar-refractivity contribution >= 4 is 18.0 Å². The van der Waals surface area contributed by atoms with Crippen molar-refractivity contribution in [2.24, 2.45) is 5.10 Å². The molecule has 0 fully saturated rings. The minimum atomic E-state index is -0.459. The average Bonchev–Trinajstić information content (AvgIpc) is 2.80. The molecular formula is C14H16N4O3. The van der Waals surface area contributed by atoms with Gasteiger partial charge >= 0.3 is 5.97 Å². The second-order valence-corrected chi connectivity index (χ2v) is 4.26. The number of carbonyl (C=O) groups excluding carboxylic acids is 1. The van der Waals surface area contributed by atoms with Crippen LogP contribution in [0.5, 0.6) is 5.75 Å². The van der Waals surface area contributed by atoms with Gasteiger partial charge in [0.25, 0.3) is 0 Å². The highest BCUT2D eigenvalue weighted by molar-refractivity contribution is 5.96. The third-order valence-corrected chi connectivity index (χ3v) is 2.68. The van der Waals surface area contributed by atoms with Gasteiger partial charge in [0.2, 0.25) is 0 Å². The summed E-state index contributed by atoms with van der Waals surface area (Å²) in [5, 5.41) is 20.0. The molecule has 0 aliphatic rings. The van der Waals surface area contributed by atoms with E-state index in [0.29, 0.717) is 22.6 Å². The van der Waals surface area contributed by atoms with Gasteiger partial charge in [-0.3, -0.25) is 10.5 Å². The minimum absolute atomic E-state index is 0.154. The SMILES string of the molecule is CCOC(=O)c1c(N/N=C/c2cccc(O)c2)n[nH]c1C. The number of hydrazone groups is 1. The molecule has 1 aromatic heterocycles. The molecule has 7 nitrogen and oxygen atoms in total. The summed E-state index contributed by atoms with van der Waals surface area (Å²) >= 11 is 0. The lowest BCUT2D eigenvalue weighted by molar-refractivity contribution is 0.0526. The summed E-state index contributed by atoms with van der Waals surface area (Å²) in [4.78, 5) is 11.8. The van der Waals surface area contributed by atoms with Crippen molar-refractivity contribution < 1.29 is 14.6 Å². The van der Waals surface area contributed by atoms with Gasteiger partial charge in [0, 0.05) is 5.69 Å². The Hall–Kier alpha value is -2.83. The largest absolute Gasteiger partial charge is 0.508 e. The van der Waals surface area contributed by atoms with Crippen molar-refractivity contribution in [1.29, 1.82) is 0 Å². The van der Waals surface area contributed by atoms with Gasteiger partial charge in [-0.05, 0) is 31.5 Å². The molecule has 0 saturated carbocycles. The zero-order valence-electron chi connectivity index (χ0n) is 11.8. The number of aryl methyl sites for hydroxylation is 1. The van der Waals surface area contributed by atoms with Crippen LogP contribution in [0.2, 0.25) is 0 Å². The van der Waals surface area contributed by atoms with Gasteiger partial charge in [0.05, 0.1) is 12.8 Å². The van der Waals surface area contributed by atoms with E-state index in [1.165, 1.54) is 6.21 Å². The van der Waals surface area contributed by atoms with Crippen LogP contribution in [0.25, 0.3) is 0 Å². The minimum Gasteiger partial charge on any atom is -0.508 e. The molecular weight excluding hydrogens is 272 g/mol. The lowest BCUT2D eigenvalue weighted by atomic mass is 10.2. The van der Waals surface area contributed by atoms with Gasteiger partial charge in [-0.15, -0.1) is 0 Å². The molecule has 0 saturated heterocycles. The van der Waals surface area contributed by atoms with Gasteiger partial charge in [-0.1, -0.05) is 12.1 Å². The van der Waals surface area contributed by atoms with E-state index in [2.05, 4.69) is 20.7 Å². The molecule has 110 valence electrons. The van der Waals surface area contributed by atoms with Crippen LogP contribution in [0.15, 0.2) is 29.4 Å². The maximum atomic E-state index is 11.8. The van der Waals surface area contributed by atoms with E-state index in [1.807, 2.05) is 0 Å². The fraction of sp³-hybridized carbons (Fsp3) is 0.214. The van der Waals surface area contributed by atoms with Crippen molar-refractivity contribution in [2.45, 2.75) is 13.8 Å². The number of ether oxygens (including phenoxy) is 1. The number of hydrogen-bond acceptors (Lipinski definition) is 6. The predicted octanol–water partition coefficient (Wildman–Crippen LogP) is 2.05. The van der Waals surface area contributed by atoms with Crippen LogP contribution in [0.1, 0.15) is 28.5 Å². The normalized spacial score (nSPS) is 10.8. The molecule has 21 heavy (non-hydrogen) atoms. The monoisotopic (exact) mass is 288 g/mol. The van der Waals surface area contributed by atoms with Crippen LogP contribution in [0.4, 0.5) is 5.82 Å². The summed E-state index contributed by atoms with van der Waals surface area (Å²) in [6.45, 7) is 3.75. The lowest BCUT2D eigenvalue weighted by Gasteiger charge is -2.02. The Balaban J connectivity index is 2.12. The first-order valence-electron chi connectivity index (χ1n) is 6.42. The van der Waals surface area contributed by atoms with Gasteiger partial charge in [0.15, 0.2) is 5.82 Å². The van der Waals surface area contributed by atoms with Crippen LogP contribution in [0, 0.1) is 6.92 Å². The highest BCUT2D eigenvalue weighted by atomic mass is 16.5. The van der Waals surface area contributed by atoms with Gasteiger partial charge < -0.3 is 9.84 Å². The molecule has 1 aromatic carbocycles. The highest BCUT2D eigenvalue weighted by Crippen LogP contribution is 2.17. The molecule has 0 atom stereocenters. The first-order chi connectivity index (χ1) is 10.1. The number of nitrogens with zero attached hydrogens (tertiary/aromatic N) is 2. The molecule has 2 aromatic rings. The zero-order valence-corrected chi connectivity index (χ0v) is 11.8. The number of nitrogens with one attached hydrogen (secondary N) is 2. The summed E-state index contributed by atoms with van der Waals surface area (Å²) in [6, 6.07) is 6.63. The number of aromatic nitrogens is 2. The van der Waals surface area contributed by atoms with Crippen molar-refractivity contribution in [1.82, 2.24) is 10.2 Å². The first kappa shape index (κ1) is 14.6. The van der Waals surface area contributed by atoms with Crippen molar-refractivity contribution in [2.75, 3.05) is 12.0 Å². The number of carbonyl (C=O) groups is 1.